The Bertz CT molecular complexity index is 1610. The lowest BCUT2D eigenvalue weighted by Crippen LogP contribution is -2.42. The van der Waals surface area contributed by atoms with Crippen molar-refractivity contribution in [1.82, 2.24) is 29.0 Å². The van der Waals surface area contributed by atoms with Crippen LogP contribution in [0.4, 0.5) is 11.6 Å². The molecular weight excluding hydrogens is 520 g/mol. The van der Waals surface area contributed by atoms with Gasteiger partial charge >= 0.3 is 5.69 Å². The molecule has 3 aromatic heterocycles. The Balaban J connectivity index is 1.25. The van der Waals surface area contributed by atoms with Gasteiger partial charge in [-0.2, -0.15) is 0 Å². The van der Waals surface area contributed by atoms with Gasteiger partial charge in [0, 0.05) is 54.6 Å². The minimum Gasteiger partial charge on any atom is -0.395 e. The van der Waals surface area contributed by atoms with Gasteiger partial charge in [-0.1, -0.05) is 35.9 Å². The number of nitrogens with one attached hydrogen (secondary N) is 3. The summed E-state index contributed by atoms with van der Waals surface area (Å²) in [5, 5.41) is 17.0. The minimum absolute atomic E-state index is 0.0236. The van der Waals surface area contributed by atoms with Crippen LogP contribution in [0.15, 0.2) is 47.7 Å². The normalized spacial score (nSPS) is 15.4. The number of carbonyl (C=O) groups is 1. The summed E-state index contributed by atoms with van der Waals surface area (Å²) in [6.07, 6.45) is 8.69. The van der Waals surface area contributed by atoms with Crippen LogP contribution in [-0.2, 0) is 11.3 Å². The second-order valence-electron chi connectivity index (χ2n) is 9.68. The smallest absolute Gasteiger partial charge is 0.327 e. The first-order valence-corrected chi connectivity index (χ1v) is 13.4. The molecule has 2 aliphatic rings. The van der Waals surface area contributed by atoms with Crippen molar-refractivity contribution in [1.29, 1.82) is 0 Å². The topological polar surface area (TPSA) is 133 Å². The van der Waals surface area contributed by atoms with Crippen LogP contribution in [0, 0.1) is 0 Å². The molecule has 11 nitrogen and oxygen atoms in total. The van der Waals surface area contributed by atoms with Gasteiger partial charge in [0.25, 0.3) is 0 Å². The lowest BCUT2D eigenvalue weighted by molar-refractivity contribution is -0.133. The molecule has 0 saturated carbocycles. The van der Waals surface area contributed by atoms with Crippen LogP contribution in [0.3, 0.4) is 0 Å². The summed E-state index contributed by atoms with van der Waals surface area (Å²) in [6.45, 7) is 2.19. The SMILES string of the molecule is O=C(Cn1cc(-c2ccccc2Cl)c2c(NCCO)ncnc21)N1CCC(n2c3c([nH]c2=O)NCC=C3)CC1. The van der Waals surface area contributed by atoms with Crippen molar-refractivity contribution in [3.05, 3.63) is 64.1 Å². The summed E-state index contributed by atoms with van der Waals surface area (Å²) in [6, 6.07) is 7.53. The van der Waals surface area contributed by atoms with Crippen molar-refractivity contribution in [2.45, 2.75) is 25.4 Å². The highest BCUT2D eigenvalue weighted by atomic mass is 35.5. The van der Waals surface area contributed by atoms with Crippen LogP contribution in [0.5, 0.6) is 0 Å². The number of carbonyl (C=O) groups excluding carboxylic acids is 1. The first-order valence-electron chi connectivity index (χ1n) is 13.0. The second kappa shape index (κ2) is 10.6. The van der Waals surface area contributed by atoms with E-state index in [0.717, 1.165) is 28.0 Å². The molecule has 1 saturated heterocycles. The van der Waals surface area contributed by atoms with Gasteiger partial charge in [0.2, 0.25) is 5.91 Å². The summed E-state index contributed by atoms with van der Waals surface area (Å²) >= 11 is 6.54. The van der Waals surface area contributed by atoms with E-state index >= 15 is 0 Å². The fourth-order valence-electron chi connectivity index (χ4n) is 5.51. The van der Waals surface area contributed by atoms with Crippen molar-refractivity contribution in [3.63, 3.8) is 0 Å². The van der Waals surface area contributed by atoms with E-state index in [0.29, 0.717) is 55.5 Å². The molecule has 202 valence electrons. The number of imidazole rings is 1. The Morgan fingerprint density at radius 2 is 2.00 bits per heavy atom. The number of piperidine rings is 1. The lowest BCUT2D eigenvalue weighted by Gasteiger charge is -2.33. The zero-order valence-electron chi connectivity index (χ0n) is 21.2. The number of aliphatic hydroxyl groups excluding tert-OH is 1. The third kappa shape index (κ3) is 4.68. The molecule has 6 rings (SSSR count). The fourth-order valence-corrected chi connectivity index (χ4v) is 5.75. The van der Waals surface area contributed by atoms with Crippen molar-refractivity contribution >= 4 is 46.3 Å². The molecule has 1 aromatic carbocycles. The predicted molar refractivity (Wildman–Crippen MR) is 151 cm³/mol. The number of H-pyrrole nitrogens is 1. The monoisotopic (exact) mass is 548 g/mol. The van der Waals surface area contributed by atoms with E-state index in [1.807, 2.05) is 56.6 Å². The number of aliphatic hydroxyl groups is 1. The number of nitrogens with zero attached hydrogens (tertiary/aromatic N) is 5. The van der Waals surface area contributed by atoms with Crippen LogP contribution < -0.4 is 16.3 Å². The molecule has 5 heterocycles. The second-order valence-corrected chi connectivity index (χ2v) is 10.1. The number of aromatic nitrogens is 5. The fraction of sp³-hybridized carbons (Fsp3) is 0.333. The summed E-state index contributed by atoms with van der Waals surface area (Å²) < 4.78 is 3.64. The number of likely N-dealkylation sites (tertiary alicyclic amines) is 1. The van der Waals surface area contributed by atoms with Crippen molar-refractivity contribution in [2.75, 3.05) is 43.4 Å². The Kier molecular flexibility index (Phi) is 6.84. The van der Waals surface area contributed by atoms with E-state index in [2.05, 4.69) is 25.6 Å². The molecule has 1 fully saturated rings. The lowest BCUT2D eigenvalue weighted by atomic mass is 10.0. The molecular formula is C27H29ClN8O3. The molecule has 0 unspecified atom stereocenters. The van der Waals surface area contributed by atoms with Gasteiger partial charge in [-0.3, -0.25) is 14.3 Å². The number of anilines is 2. The maximum Gasteiger partial charge on any atom is 0.327 e. The average molecular weight is 549 g/mol. The number of aromatic amines is 1. The highest BCUT2D eigenvalue weighted by Crippen LogP contribution is 2.37. The Labute approximate surface area is 229 Å². The van der Waals surface area contributed by atoms with Crippen molar-refractivity contribution < 1.29 is 9.90 Å². The average Bonchev–Trinajstić information content (AvgIpc) is 3.49. The third-order valence-corrected chi connectivity index (χ3v) is 7.68. The van der Waals surface area contributed by atoms with E-state index < -0.39 is 0 Å². The van der Waals surface area contributed by atoms with Gasteiger partial charge in [0.15, 0.2) is 0 Å². The summed E-state index contributed by atoms with van der Waals surface area (Å²) in [5.41, 5.74) is 2.96. The molecule has 1 amide bonds. The molecule has 0 bridgehead atoms. The quantitative estimate of drug-likeness (QED) is 0.279. The minimum atomic E-state index is -0.125. The standard InChI is InChI=1S/C27H29ClN8O3/c28-20-5-2-1-4-18(20)19-14-35(26-23(19)25(30-10-13-37)31-16-32-26)15-22(38)34-11-7-17(8-12-34)36-21-6-3-9-29-24(21)33-27(36)39/h1-6,14,16-17,29,37H,7-13,15H2,(H,33,39)(H,30,31,32). The van der Waals surface area contributed by atoms with Crippen LogP contribution in [0.1, 0.15) is 24.6 Å². The van der Waals surface area contributed by atoms with Crippen molar-refractivity contribution in [3.8, 4) is 11.1 Å². The number of benzene rings is 1. The zero-order chi connectivity index (χ0) is 26.9. The summed E-state index contributed by atoms with van der Waals surface area (Å²) in [5.74, 6) is 1.30. The zero-order valence-corrected chi connectivity index (χ0v) is 22.0. The first-order chi connectivity index (χ1) is 19.0. The molecule has 0 radical (unpaired) electrons. The molecule has 12 heteroatoms. The third-order valence-electron chi connectivity index (χ3n) is 7.35. The van der Waals surface area contributed by atoms with Crippen LogP contribution in [-0.4, -0.2) is 72.8 Å². The number of hydrogen-bond donors (Lipinski definition) is 4. The Morgan fingerprint density at radius 3 is 2.79 bits per heavy atom. The molecule has 2 aliphatic heterocycles. The molecule has 0 aliphatic carbocycles. The van der Waals surface area contributed by atoms with E-state index in [4.69, 9.17) is 11.6 Å². The van der Waals surface area contributed by atoms with Crippen molar-refractivity contribution in [2.24, 2.45) is 0 Å². The van der Waals surface area contributed by atoms with Gasteiger partial charge in [0.05, 0.1) is 17.7 Å². The molecule has 0 atom stereocenters. The largest absolute Gasteiger partial charge is 0.395 e. The molecule has 4 N–H and O–H groups in total. The first kappa shape index (κ1) is 25.2. The van der Waals surface area contributed by atoms with Gasteiger partial charge in [0.1, 0.15) is 30.2 Å². The summed E-state index contributed by atoms with van der Waals surface area (Å²) in [7, 11) is 0. The molecule has 39 heavy (non-hydrogen) atoms. The highest BCUT2D eigenvalue weighted by molar-refractivity contribution is 6.33. The maximum atomic E-state index is 13.5. The summed E-state index contributed by atoms with van der Waals surface area (Å²) in [4.78, 5) is 39.7. The van der Waals surface area contributed by atoms with Gasteiger partial charge in [-0.15, -0.1) is 0 Å². The van der Waals surface area contributed by atoms with E-state index in [-0.39, 0.29) is 30.8 Å². The number of fused-ring (bicyclic) bond motifs is 2. The predicted octanol–water partition coefficient (Wildman–Crippen LogP) is 2.95. The molecule has 0 spiro atoms. The van der Waals surface area contributed by atoms with Crippen LogP contribution in [0.2, 0.25) is 5.02 Å². The Morgan fingerprint density at radius 1 is 1.18 bits per heavy atom. The molecule has 4 aromatic rings. The van der Waals surface area contributed by atoms with Gasteiger partial charge < -0.3 is 25.2 Å². The van der Waals surface area contributed by atoms with E-state index in [9.17, 15) is 14.7 Å². The van der Waals surface area contributed by atoms with Gasteiger partial charge in [-0.25, -0.2) is 14.8 Å². The van der Waals surface area contributed by atoms with Crippen LogP contribution >= 0.6 is 11.6 Å². The van der Waals surface area contributed by atoms with E-state index in [1.165, 1.54) is 6.33 Å². The number of amides is 1. The number of hydrogen-bond acceptors (Lipinski definition) is 7. The Hall–Kier alpha value is -4.09. The van der Waals surface area contributed by atoms with E-state index in [1.54, 1.807) is 0 Å². The highest BCUT2D eigenvalue weighted by Gasteiger charge is 2.28. The van der Waals surface area contributed by atoms with Gasteiger partial charge in [-0.05, 0) is 25.0 Å². The van der Waals surface area contributed by atoms with Crippen LogP contribution in [0.25, 0.3) is 28.2 Å². The number of rotatable bonds is 7. The number of halogens is 1. The maximum absolute atomic E-state index is 13.5.